The standard InChI is InChI=1S/C17H18N2OS/c1-12(16-10-14-5-3-4-6-15(14)21-16)19-11-13-7-8-18-17(9-13)20-2/h3-10,12,19H,11H2,1-2H3. The molecule has 1 unspecified atom stereocenters. The van der Waals surface area contributed by atoms with Crippen LogP contribution in [-0.2, 0) is 6.54 Å². The molecule has 1 N–H and O–H groups in total. The van der Waals surface area contributed by atoms with Crippen LogP contribution in [0.15, 0.2) is 48.7 Å². The molecule has 108 valence electrons. The molecule has 0 spiro atoms. The molecule has 0 saturated carbocycles. The Bertz CT molecular complexity index is 705. The molecule has 21 heavy (non-hydrogen) atoms. The van der Waals surface area contributed by atoms with E-state index in [1.807, 2.05) is 23.5 Å². The first kappa shape index (κ1) is 14.0. The Hall–Kier alpha value is -1.91. The van der Waals surface area contributed by atoms with Crippen LogP contribution in [0, 0.1) is 0 Å². The summed E-state index contributed by atoms with van der Waals surface area (Å²) in [6.45, 7) is 3.00. The number of benzene rings is 1. The maximum atomic E-state index is 5.15. The van der Waals surface area contributed by atoms with Crippen LogP contribution in [0.3, 0.4) is 0 Å². The highest BCUT2D eigenvalue weighted by molar-refractivity contribution is 7.19. The minimum atomic E-state index is 0.321. The van der Waals surface area contributed by atoms with E-state index < -0.39 is 0 Å². The summed E-state index contributed by atoms with van der Waals surface area (Å²) in [6.07, 6.45) is 1.78. The molecule has 0 aliphatic heterocycles. The molecular weight excluding hydrogens is 280 g/mol. The first-order chi connectivity index (χ1) is 10.3. The lowest BCUT2D eigenvalue weighted by Crippen LogP contribution is -2.17. The molecular formula is C17H18N2OS. The number of ether oxygens (including phenoxy) is 1. The van der Waals surface area contributed by atoms with Crippen molar-refractivity contribution in [2.75, 3.05) is 7.11 Å². The summed E-state index contributed by atoms with van der Waals surface area (Å²) in [7, 11) is 1.64. The van der Waals surface area contributed by atoms with Crippen LogP contribution >= 0.6 is 11.3 Å². The topological polar surface area (TPSA) is 34.1 Å². The third-order valence-corrected chi connectivity index (χ3v) is 4.79. The van der Waals surface area contributed by atoms with Crippen molar-refractivity contribution in [3.05, 3.63) is 59.1 Å². The summed E-state index contributed by atoms with van der Waals surface area (Å²) >= 11 is 1.85. The SMILES string of the molecule is COc1cc(CNC(C)c2cc3ccccc3s2)ccn1. The van der Waals surface area contributed by atoms with Gasteiger partial charge in [-0.05, 0) is 36.1 Å². The molecule has 1 aromatic carbocycles. The Morgan fingerprint density at radius 2 is 2.10 bits per heavy atom. The zero-order chi connectivity index (χ0) is 14.7. The van der Waals surface area contributed by atoms with Gasteiger partial charge in [-0.15, -0.1) is 11.3 Å². The monoisotopic (exact) mass is 298 g/mol. The Labute approximate surface area is 128 Å². The molecule has 4 heteroatoms. The fraction of sp³-hybridized carbons (Fsp3) is 0.235. The third kappa shape index (κ3) is 3.23. The molecule has 0 bridgehead atoms. The van der Waals surface area contributed by atoms with E-state index in [2.05, 4.69) is 47.6 Å². The van der Waals surface area contributed by atoms with Crippen molar-refractivity contribution in [2.24, 2.45) is 0 Å². The van der Waals surface area contributed by atoms with Crippen LogP contribution in [0.1, 0.15) is 23.4 Å². The van der Waals surface area contributed by atoms with Gasteiger partial charge in [0.25, 0.3) is 0 Å². The zero-order valence-electron chi connectivity index (χ0n) is 12.2. The first-order valence-corrected chi connectivity index (χ1v) is 7.78. The molecule has 1 atom stereocenters. The highest BCUT2D eigenvalue weighted by Crippen LogP contribution is 2.29. The Morgan fingerprint density at radius 3 is 2.90 bits per heavy atom. The van der Waals surface area contributed by atoms with Gasteiger partial charge in [0.15, 0.2) is 0 Å². The van der Waals surface area contributed by atoms with Crippen molar-refractivity contribution in [1.82, 2.24) is 10.3 Å². The third-order valence-electron chi connectivity index (χ3n) is 3.49. The van der Waals surface area contributed by atoms with E-state index in [-0.39, 0.29) is 0 Å². The van der Waals surface area contributed by atoms with E-state index in [0.717, 1.165) is 6.54 Å². The van der Waals surface area contributed by atoms with Gasteiger partial charge in [-0.3, -0.25) is 0 Å². The smallest absolute Gasteiger partial charge is 0.213 e. The number of rotatable bonds is 5. The first-order valence-electron chi connectivity index (χ1n) is 6.97. The van der Waals surface area contributed by atoms with Crippen LogP contribution in [0.25, 0.3) is 10.1 Å². The second-order valence-electron chi connectivity index (χ2n) is 5.00. The van der Waals surface area contributed by atoms with Crippen LogP contribution in [0.2, 0.25) is 0 Å². The van der Waals surface area contributed by atoms with Gasteiger partial charge < -0.3 is 10.1 Å². The normalized spacial score (nSPS) is 12.5. The van der Waals surface area contributed by atoms with Crippen molar-refractivity contribution >= 4 is 21.4 Å². The van der Waals surface area contributed by atoms with Gasteiger partial charge in [-0.1, -0.05) is 18.2 Å². The highest BCUT2D eigenvalue weighted by atomic mass is 32.1. The number of fused-ring (bicyclic) bond motifs is 1. The number of nitrogens with one attached hydrogen (secondary N) is 1. The number of hydrogen-bond acceptors (Lipinski definition) is 4. The van der Waals surface area contributed by atoms with E-state index in [0.29, 0.717) is 11.9 Å². The average molecular weight is 298 g/mol. The van der Waals surface area contributed by atoms with Crippen LogP contribution in [-0.4, -0.2) is 12.1 Å². The fourth-order valence-corrected chi connectivity index (χ4v) is 3.35. The van der Waals surface area contributed by atoms with Crippen molar-refractivity contribution < 1.29 is 4.74 Å². The quantitative estimate of drug-likeness (QED) is 0.768. The van der Waals surface area contributed by atoms with Crippen molar-refractivity contribution in [3.8, 4) is 5.88 Å². The molecule has 3 rings (SSSR count). The molecule has 3 aromatic rings. The Morgan fingerprint density at radius 1 is 1.24 bits per heavy atom. The minimum absolute atomic E-state index is 0.321. The number of thiophene rings is 1. The number of nitrogens with zero attached hydrogens (tertiary/aromatic N) is 1. The number of aromatic nitrogens is 1. The van der Waals surface area contributed by atoms with Gasteiger partial charge in [-0.25, -0.2) is 4.98 Å². The summed E-state index contributed by atoms with van der Waals surface area (Å²) in [5, 5.41) is 4.87. The lowest BCUT2D eigenvalue weighted by Gasteiger charge is -2.12. The van der Waals surface area contributed by atoms with Gasteiger partial charge in [0.1, 0.15) is 0 Å². The van der Waals surface area contributed by atoms with Gasteiger partial charge >= 0.3 is 0 Å². The lowest BCUT2D eigenvalue weighted by molar-refractivity contribution is 0.397. The van der Waals surface area contributed by atoms with Crippen molar-refractivity contribution in [1.29, 1.82) is 0 Å². The summed E-state index contributed by atoms with van der Waals surface area (Å²) in [5.41, 5.74) is 1.18. The van der Waals surface area contributed by atoms with E-state index in [1.165, 1.54) is 20.5 Å². The largest absolute Gasteiger partial charge is 0.481 e. The molecule has 0 aliphatic rings. The maximum Gasteiger partial charge on any atom is 0.213 e. The summed E-state index contributed by atoms with van der Waals surface area (Å²) in [6, 6.07) is 15.1. The Kier molecular flexibility index (Phi) is 4.18. The van der Waals surface area contributed by atoms with Crippen molar-refractivity contribution in [3.63, 3.8) is 0 Å². The summed E-state index contributed by atoms with van der Waals surface area (Å²) in [4.78, 5) is 5.48. The van der Waals surface area contributed by atoms with E-state index in [9.17, 15) is 0 Å². The molecule has 0 amide bonds. The van der Waals surface area contributed by atoms with Gasteiger partial charge in [-0.2, -0.15) is 0 Å². The molecule has 3 nitrogen and oxygen atoms in total. The number of methoxy groups -OCH3 is 1. The predicted octanol–water partition coefficient (Wildman–Crippen LogP) is 4.16. The molecule has 0 fully saturated rings. The lowest BCUT2D eigenvalue weighted by atomic mass is 10.2. The average Bonchev–Trinajstić information content (AvgIpc) is 2.97. The second kappa shape index (κ2) is 6.24. The molecule has 2 aromatic heterocycles. The second-order valence-corrected chi connectivity index (χ2v) is 6.11. The van der Waals surface area contributed by atoms with Crippen LogP contribution < -0.4 is 10.1 Å². The Balaban J connectivity index is 1.69. The number of hydrogen-bond donors (Lipinski definition) is 1. The van der Waals surface area contributed by atoms with Gasteiger partial charge in [0.2, 0.25) is 5.88 Å². The predicted molar refractivity (Wildman–Crippen MR) is 87.9 cm³/mol. The van der Waals surface area contributed by atoms with Crippen LogP contribution in [0.5, 0.6) is 5.88 Å². The molecule has 0 radical (unpaired) electrons. The van der Waals surface area contributed by atoms with Crippen molar-refractivity contribution in [2.45, 2.75) is 19.5 Å². The van der Waals surface area contributed by atoms with E-state index >= 15 is 0 Å². The maximum absolute atomic E-state index is 5.15. The summed E-state index contributed by atoms with van der Waals surface area (Å²) in [5.74, 6) is 0.656. The molecule has 2 heterocycles. The van der Waals surface area contributed by atoms with Gasteiger partial charge in [0.05, 0.1) is 7.11 Å². The molecule has 0 saturated heterocycles. The molecule has 0 aliphatic carbocycles. The summed E-state index contributed by atoms with van der Waals surface area (Å²) < 4.78 is 6.49. The number of pyridine rings is 1. The van der Waals surface area contributed by atoms with Gasteiger partial charge in [0, 0.05) is 34.4 Å². The van der Waals surface area contributed by atoms with Crippen LogP contribution in [0.4, 0.5) is 0 Å². The minimum Gasteiger partial charge on any atom is -0.481 e. The van der Waals surface area contributed by atoms with E-state index in [1.54, 1.807) is 13.3 Å². The highest BCUT2D eigenvalue weighted by Gasteiger charge is 2.09. The fourth-order valence-electron chi connectivity index (χ4n) is 2.26. The van der Waals surface area contributed by atoms with E-state index in [4.69, 9.17) is 4.74 Å². The zero-order valence-corrected chi connectivity index (χ0v) is 13.0.